The summed E-state index contributed by atoms with van der Waals surface area (Å²) in [6, 6.07) is 11.2. The molecule has 0 radical (unpaired) electrons. The molecule has 2 aromatic carbocycles. The van der Waals surface area contributed by atoms with E-state index in [0.717, 1.165) is 17.3 Å². The van der Waals surface area contributed by atoms with Gasteiger partial charge in [-0.05, 0) is 37.5 Å². The largest absolute Gasteiger partial charge is 0.484 e. The summed E-state index contributed by atoms with van der Waals surface area (Å²) in [6.07, 6.45) is 2.07. The van der Waals surface area contributed by atoms with Crippen LogP contribution < -0.4 is 26.2 Å². The predicted molar refractivity (Wildman–Crippen MR) is 108 cm³/mol. The summed E-state index contributed by atoms with van der Waals surface area (Å²) in [5, 5.41) is 6.11. The Kier molecular flexibility index (Phi) is 4.37. The van der Waals surface area contributed by atoms with Crippen LogP contribution in [0.2, 0.25) is 5.02 Å². The fourth-order valence-corrected chi connectivity index (χ4v) is 4.85. The van der Waals surface area contributed by atoms with Gasteiger partial charge in [-0.25, -0.2) is 9.82 Å². The van der Waals surface area contributed by atoms with Gasteiger partial charge in [0, 0.05) is 22.7 Å². The molecule has 3 fully saturated rings. The Morgan fingerprint density at radius 3 is 2.63 bits per heavy atom. The van der Waals surface area contributed by atoms with Crippen LogP contribution in [-0.2, 0) is 9.59 Å². The van der Waals surface area contributed by atoms with E-state index in [9.17, 15) is 14.0 Å². The van der Waals surface area contributed by atoms with Gasteiger partial charge in [-0.1, -0.05) is 29.8 Å². The first kappa shape index (κ1) is 19.1. The van der Waals surface area contributed by atoms with Gasteiger partial charge in [-0.2, -0.15) is 0 Å². The van der Waals surface area contributed by atoms with Gasteiger partial charge in [0.1, 0.15) is 17.6 Å². The number of anilines is 1. The second-order valence-electron chi connectivity index (χ2n) is 8.28. The maximum atomic E-state index is 13.4. The van der Waals surface area contributed by atoms with Crippen molar-refractivity contribution in [2.24, 2.45) is 0 Å². The van der Waals surface area contributed by atoms with Crippen molar-refractivity contribution < 1.29 is 18.7 Å². The first-order chi connectivity index (χ1) is 14.4. The van der Waals surface area contributed by atoms with Gasteiger partial charge in [0.15, 0.2) is 6.61 Å². The molecule has 2 amide bonds. The lowest BCUT2D eigenvalue weighted by atomic mass is 9.44. The Labute approximate surface area is 177 Å². The molecule has 3 aliphatic carbocycles. The van der Waals surface area contributed by atoms with Crippen molar-refractivity contribution in [3.05, 3.63) is 58.9 Å². The molecule has 6 rings (SSSR count). The van der Waals surface area contributed by atoms with Gasteiger partial charge in [0.05, 0.1) is 10.7 Å². The molecule has 1 atom stereocenters. The van der Waals surface area contributed by atoms with Crippen molar-refractivity contribution in [2.75, 3.05) is 12.0 Å². The highest BCUT2D eigenvalue weighted by atomic mass is 35.5. The van der Waals surface area contributed by atoms with Crippen LogP contribution in [0.4, 0.5) is 10.1 Å². The zero-order valence-electron chi connectivity index (χ0n) is 15.9. The second-order valence-corrected chi connectivity index (χ2v) is 8.69. The van der Waals surface area contributed by atoms with Crippen molar-refractivity contribution in [2.45, 2.75) is 36.4 Å². The summed E-state index contributed by atoms with van der Waals surface area (Å²) in [5.74, 6) is -0.715. The highest BCUT2D eigenvalue weighted by molar-refractivity contribution is 6.30. The molecule has 3 saturated carbocycles. The van der Waals surface area contributed by atoms with Crippen LogP contribution in [0.3, 0.4) is 0 Å². The number of ether oxygens (including phenoxy) is 1. The van der Waals surface area contributed by atoms with Crippen molar-refractivity contribution in [3.8, 4) is 5.75 Å². The van der Waals surface area contributed by atoms with Crippen LogP contribution in [0.1, 0.15) is 30.9 Å². The van der Waals surface area contributed by atoms with Crippen LogP contribution in [0, 0.1) is 5.82 Å². The number of para-hydroxylation sites is 1. The number of benzene rings is 2. The molecule has 2 aromatic rings. The molecule has 4 aliphatic rings. The van der Waals surface area contributed by atoms with Gasteiger partial charge in [0.25, 0.3) is 5.91 Å². The monoisotopic (exact) mass is 430 g/mol. The van der Waals surface area contributed by atoms with Crippen molar-refractivity contribution >= 4 is 29.1 Å². The van der Waals surface area contributed by atoms with E-state index in [1.54, 1.807) is 0 Å². The van der Waals surface area contributed by atoms with Gasteiger partial charge < -0.3 is 20.8 Å². The molecule has 2 bridgehead atoms. The molecule has 1 unspecified atom stereocenters. The summed E-state index contributed by atoms with van der Waals surface area (Å²) >= 11 is 5.63. The standard InChI is InChI=1S/C21H20ClFN4O3/c22-14-6-5-12(7-15(14)23)30-8-17(28)24-20-9-21(10-20,11-20)25-19(29)18-13-3-1-2-4-16(13)26-27-18/h1-7,18,26-27H,8-11H2,(H,24,28)(H,25,29). The fourth-order valence-electron chi connectivity index (χ4n) is 4.73. The third-order valence-electron chi connectivity index (χ3n) is 5.97. The molecule has 0 spiro atoms. The predicted octanol–water partition coefficient (Wildman–Crippen LogP) is 2.44. The number of hydrogen-bond acceptors (Lipinski definition) is 5. The highest BCUT2D eigenvalue weighted by Crippen LogP contribution is 2.60. The Morgan fingerprint density at radius 2 is 1.87 bits per heavy atom. The zero-order valence-corrected chi connectivity index (χ0v) is 16.7. The smallest absolute Gasteiger partial charge is 0.258 e. The van der Waals surface area contributed by atoms with E-state index in [1.807, 2.05) is 24.3 Å². The lowest BCUT2D eigenvalue weighted by molar-refractivity contribution is -0.151. The van der Waals surface area contributed by atoms with E-state index in [4.69, 9.17) is 16.3 Å². The van der Waals surface area contributed by atoms with Crippen LogP contribution in [0.15, 0.2) is 42.5 Å². The second kappa shape index (κ2) is 6.85. The van der Waals surface area contributed by atoms with E-state index in [2.05, 4.69) is 21.5 Å². The number of fused-ring (bicyclic) bond motifs is 1. The van der Waals surface area contributed by atoms with Crippen LogP contribution in [0.5, 0.6) is 5.75 Å². The summed E-state index contributed by atoms with van der Waals surface area (Å²) in [4.78, 5) is 24.9. The Bertz CT molecular complexity index is 1030. The number of hydrogen-bond donors (Lipinski definition) is 4. The number of halogens is 2. The minimum absolute atomic E-state index is 0.0000803. The first-order valence-corrected chi connectivity index (χ1v) is 10.1. The maximum Gasteiger partial charge on any atom is 0.258 e. The van der Waals surface area contributed by atoms with Crippen molar-refractivity contribution in [1.29, 1.82) is 0 Å². The van der Waals surface area contributed by atoms with Crippen molar-refractivity contribution in [1.82, 2.24) is 16.1 Å². The average molecular weight is 431 g/mol. The van der Waals surface area contributed by atoms with E-state index in [-0.39, 0.29) is 40.3 Å². The number of nitrogens with one attached hydrogen (secondary N) is 4. The summed E-state index contributed by atoms with van der Waals surface area (Å²) in [5.41, 5.74) is 7.29. The molecule has 1 aliphatic heterocycles. The SMILES string of the molecule is O=C(COc1ccc(Cl)c(F)c1)NC12CC(NC(=O)C3NNc4ccccc43)(C1)C2. The maximum absolute atomic E-state index is 13.4. The molecule has 156 valence electrons. The molecular weight excluding hydrogens is 411 g/mol. The lowest BCUT2D eigenvalue weighted by Gasteiger charge is -2.70. The highest BCUT2D eigenvalue weighted by Gasteiger charge is 2.69. The minimum atomic E-state index is -0.596. The quantitative estimate of drug-likeness (QED) is 0.565. The van der Waals surface area contributed by atoms with E-state index in [0.29, 0.717) is 19.3 Å². The molecule has 30 heavy (non-hydrogen) atoms. The van der Waals surface area contributed by atoms with E-state index in [1.165, 1.54) is 12.1 Å². The third-order valence-corrected chi connectivity index (χ3v) is 6.28. The molecular formula is C21H20ClFN4O3. The molecule has 7 nitrogen and oxygen atoms in total. The molecule has 1 heterocycles. The Morgan fingerprint density at radius 1 is 1.13 bits per heavy atom. The van der Waals surface area contributed by atoms with Crippen LogP contribution in [0.25, 0.3) is 0 Å². The summed E-state index contributed by atoms with van der Waals surface area (Å²) < 4.78 is 18.8. The van der Waals surface area contributed by atoms with Crippen molar-refractivity contribution in [3.63, 3.8) is 0 Å². The van der Waals surface area contributed by atoms with E-state index >= 15 is 0 Å². The zero-order chi connectivity index (χ0) is 20.9. The number of carbonyl (C=O) groups excluding carboxylic acids is 2. The number of hydrazine groups is 1. The first-order valence-electron chi connectivity index (χ1n) is 9.69. The minimum Gasteiger partial charge on any atom is -0.484 e. The van der Waals surface area contributed by atoms with Gasteiger partial charge >= 0.3 is 0 Å². The molecule has 0 saturated heterocycles. The van der Waals surface area contributed by atoms with Gasteiger partial charge in [-0.3, -0.25) is 9.59 Å². The lowest BCUT2D eigenvalue weighted by Crippen LogP contribution is -2.84. The van der Waals surface area contributed by atoms with Crippen LogP contribution >= 0.6 is 11.6 Å². The van der Waals surface area contributed by atoms with Crippen LogP contribution in [-0.4, -0.2) is 29.5 Å². The van der Waals surface area contributed by atoms with Gasteiger partial charge in [0.2, 0.25) is 5.91 Å². The Hall–Kier alpha value is -2.84. The summed E-state index contributed by atoms with van der Waals surface area (Å²) in [6.45, 7) is -0.212. The third kappa shape index (κ3) is 3.26. The number of rotatable bonds is 6. The number of amides is 2. The molecule has 9 heteroatoms. The topological polar surface area (TPSA) is 91.5 Å². The molecule has 0 aromatic heterocycles. The fraction of sp³-hybridized carbons (Fsp3) is 0.333. The van der Waals surface area contributed by atoms with Gasteiger partial charge in [-0.15, -0.1) is 0 Å². The molecule has 4 N–H and O–H groups in total. The number of carbonyl (C=O) groups is 2. The van der Waals surface area contributed by atoms with E-state index < -0.39 is 11.9 Å². The summed E-state index contributed by atoms with van der Waals surface area (Å²) in [7, 11) is 0. The normalized spacial score (nSPS) is 27.7. The average Bonchev–Trinajstić information content (AvgIpc) is 3.10. The Balaban J connectivity index is 1.10.